The predicted molar refractivity (Wildman–Crippen MR) is 102 cm³/mol. The predicted octanol–water partition coefficient (Wildman–Crippen LogP) is 1.86. The van der Waals surface area contributed by atoms with E-state index in [9.17, 15) is 14.4 Å². The molecule has 0 aliphatic carbocycles. The molecule has 4 rings (SSSR count). The number of ether oxygens (including phenoxy) is 1. The second-order valence-electron chi connectivity index (χ2n) is 6.87. The van der Waals surface area contributed by atoms with Crippen LogP contribution in [0.25, 0.3) is 0 Å². The molecule has 0 saturated carbocycles. The van der Waals surface area contributed by atoms with Crippen LogP contribution in [-0.2, 0) is 9.59 Å². The van der Waals surface area contributed by atoms with E-state index in [1.165, 1.54) is 23.2 Å². The smallest absolute Gasteiger partial charge is 0.327 e. The molecule has 0 bridgehead atoms. The molecule has 9 nitrogen and oxygen atoms in total. The Morgan fingerprint density at radius 3 is 2.59 bits per heavy atom. The molecule has 1 fully saturated rings. The van der Waals surface area contributed by atoms with Crippen molar-refractivity contribution < 1.29 is 23.5 Å². The monoisotopic (exact) mass is 396 g/mol. The van der Waals surface area contributed by atoms with Crippen LogP contribution < -0.4 is 4.74 Å². The summed E-state index contributed by atoms with van der Waals surface area (Å²) in [5.41, 5.74) is 1.56. The van der Waals surface area contributed by atoms with Crippen LogP contribution in [0.2, 0.25) is 0 Å². The highest BCUT2D eigenvalue weighted by Crippen LogP contribution is 2.33. The maximum absolute atomic E-state index is 13.0. The Bertz CT molecular complexity index is 967. The zero-order valence-electron chi connectivity index (χ0n) is 16.1. The Hall–Kier alpha value is -3.62. The average molecular weight is 396 g/mol. The summed E-state index contributed by atoms with van der Waals surface area (Å²) in [6, 6.07) is 9.96. The Morgan fingerprint density at radius 1 is 1.24 bits per heavy atom. The first-order valence-electron chi connectivity index (χ1n) is 9.10. The van der Waals surface area contributed by atoms with Gasteiger partial charge in [0.15, 0.2) is 0 Å². The van der Waals surface area contributed by atoms with Crippen LogP contribution in [0.15, 0.2) is 52.2 Å². The summed E-state index contributed by atoms with van der Waals surface area (Å²) in [5, 5.41) is 5.80. The lowest BCUT2D eigenvalue weighted by molar-refractivity contribution is -0.138. The number of urea groups is 1. The van der Waals surface area contributed by atoms with Gasteiger partial charge in [-0.25, -0.2) is 9.80 Å². The molecule has 2 aromatic rings. The van der Waals surface area contributed by atoms with Crippen molar-refractivity contribution in [3.63, 3.8) is 0 Å². The van der Waals surface area contributed by atoms with Crippen LogP contribution in [-0.4, -0.2) is 65.6 Å². The van der Waals surface area contributed by atoms with Crippen LogP contribution in [0.4, 0.5) is 4.79 Å². The number of hydrogen-bond acceptors (Lipinski definition) is 6. The van der Waals surface area contributed by atoms with Gasteiger partial charge in [0.2, 0.25) is 0 Å². The molecule has 4 amide bonds. The Labute approximate surface area is 167 Å². The fourth-order valence-corrected chi connectivity index (χ4v) is 3.43. The van der Waals surface area contributed by atoms with E-state index in [-0.39, 0.29) is 13.1 Å². The molecule has 1 aromatic heterocycles. The number of carbonyl (C=O) groups excluding carboxylic acids is 3. The minimum absolute atomic E-state index is 0.0336. The van der Waals surface area contributed by atoms with Crippen molar-refractivity contribution >= 4 is 23.6 Å². The zero-order valence-corrected chi connectivity index (χ0v) is 16.1. The second kappa shape index (κ2) is 7.42. The molecule has 2 aliphatic rings. The lowest BCUT2D eigenvalue weighted by atomic mass is 10.0. The third kappa shape index (κ3) is 3.46. The summed E-state index contributed by atoms with van der Waals surface area (Å²) in [6.45, 7) is -0.396. The number of methoxy groups -OCH3 is 1. The number of rotatable bonds is 5. The summed E-state index contributed by atoms with van der Waals surface area (Å²) in [4.78, 5) is 39.3. The van der Waals surface area contributed by atoms with Crippen molar-refractivity contribution in [2.75, 3.05) is 27.2 Å². The van der Waals surface area contributed by atoms with E-state index in [1.807, 2.05) is 24.3 Å². The standard InChI is InChI=1S/C20H20N4O5/c1-22-11-18(25)23(20(22)27)12-19(26)24-16(17-4-3-9-29-17)10-15(21-24)13-5-7-14(28-2)8-6-13/h3-9,16H,10-12H2,1-2H3/t16-/m0/s1. The lowest BCUT2D eigenvalue weighted by Crippen LogP contribution is -2.41. The highest BCUT2D eigenvalue weighted by Gasteiger charge is 2.40. The molecule has 9 heteroatoms. The van der Waals surface area contributed by atoms with Crippen molar-refractivity contribution in [2.24, 2.45) is 5.10 Å². The van der Waals surface area contributed by atoms with Gasteiger partial charge < -0.3 is 14.1 Å². The Morgan fingerprint density at radius 2 is 2.00 bits per heavy atom. The molecule has 150 valence electrons. The number of imide groups is 1. The largest absolute Gasteiger partial charge is 0.497 e. The summed E-state index contributed by atoms with van der Waals surface area (Å²) in [6.07, 6.45) is 1.99. The molecule has 3 heterocycles. The maximum atomic E-state index is 13.0. The number of amides is 4. The number of furan rings is 1. The van der Waals surface area contributed by atoms with Crippen LogP contribution in [0.3, 0.4) is 0 Å². The molecule has 0 spiro atoms. The topological polar surface area (TPSA) is 95.7 Å². The highest BCUT2D eigenvalue weighted by molar-refractivity contribution is 6.06. The molecule has 29 heavy (non-hydrogen) atoms. The van der Waals surface area contributed by atoms with E-state index in [2.05, 4.69) is 5.10 Å². The van der Waals surface area contributed by atoms with Crippen LogP contribution >= 0.6 is 0 Å². The van der Waals surface area contributed by atoms with Gasteiger partial charge in [-0.3, -0.25) is 14.5 Å². The molecule has 0 N–H and O–H groups in total. The lowest BCUT2D eigenvalue weighted by Gasteiger charge is -2.22. The van der Waals surface area contributed by atoms with E-state index < -0.39 is 23.9 Å². The molecule has 2 aliphatic heterocycles. The first-order chi connectivity index (χ1) is 14.0. The average Bonchev–Trinajstić information content (AvgIpc) is 3.44. The van der Waals surface area contributed by atoms with Crippen molar-refractivity contribution in [1.82, 2.24) is 14.8 Å². The normalized spacial score (nSPS) is 19.2. The number of likely N-dealkylation sites (N-methyl/N-ethyl adjacent to an activating group) is 1. The first-order valence-corrected chi connectivity index (χ1v) is 9.10. The molecule has 1 atom stereocenters. The SMILES string of the molecule is COc1ccc(C2=NN(C(=O)CN3C(=O)CN(C)C3=O)[C@H](c3ccco3)C2)cc1. The number of nitrogens with zero attached hydrogens (tertiary/aromatic N) is 4. The third-order valence-corrected chi connectivity index (χ3v) is 4.99. The van der Waals surface area contributed by atoms with Gasteiger partial charge in [-0.05, 0) is 42.0 Å². The van der Waals surface area contributed by atoms with E-state index in [0.717, 1.165) is 16.2 Å². The summed E-state index contributed by atoms with van der Waals surface area (Å²) >= 11 is 0. The first kappa shape index (κ1) is 18.7. The number of benzene rings is 1. The maximum Gasteiger partial charge on any atom is 0.327 e. The van der Waals surface area contributed by atoms with Crippen molar-refractivity contribution in [3.8, 4) is 5.75 Å². The third-order valence-electron chi connectivity index (χ3n) is 4.99. The fourth-order valence-electron chi connectivity index (χ4n) is 3.43. The molecular weight excluding hydrogens is 376 g/mol. The van der Waals surface area contributed by atoms with Gasteiger partial charge in [-0.15, -0.1) is 0 Å². The molecular formula is C20H20N4O5. The fraction of sp³-hybridized carbons (Fsp3) is 0.300. The molecule has 0 unspecified atom stereocenters. The van der Waals surface area contributed by atoms with Crippen LogP contribution in [0, 0.1) is 0 Å². The number of hydrazone groups is 1. The van der Waals surface area contributed by atoms with Gasteiger partial charge in [0, 0.05) is 13.5 Å². The summed E-state index contributed by atoms with van der Waals surface area (Å²) in [5.74, 6) is 0.450. The van der Waals surface area contributed by atoms with Gasteiger partial charge in [0.25, 0.3) is 11.8 Å². The van der Waals surface area contributed by atoms with E-state index in [4.69, 9.17) is 9.15 Å². The summed E-state index contributed by atoms with van der Waals surface area (Å²) in [7, 11) is 3.11. The Balaban J connectivity index is 1.60. The van der Waals surface area contributed by atoms with Crippen LogP contribution in [0.1, 0.15) is 23.8 Å². The van der Waals surface area contributed by atoms with Crippen molar-refractivity contribution in [2.45, 2.75) is 12.5 Å². The summed E-state index contributed by atoms with van der Waals surface area (Å²) < 4.78 is 10.7. The minimum atomic E-state index is -0.489. The quantitative estimate of drug-likeness (QED) is 0.719. The number of hydrogen-bond donors (Lipinski definition) is 0. The minimum Gasteiger partial charge on any atom is -0.497 e. The molecule has 0 radical (unpaired) electrons. The Kier molecular flexibility index (Phi) is 4.79. The molecule has 1 aromatic carbocycles. The second-order valence-corrected chi connectivity index (χ2v) is 6.87. The molecule has 1 saturated heterocycles. The van der Waals surface area contributed by atoms with Gasteiger partial charge >= 0.3 is 6.03 Å². The van der Waals surface area contributed by atoms with E-state index >= 15 is 0 Å². The zero-order chi connectivity index (χ0) is 20.5. The van der Waals surface area contributed by atoms with Gasteiger partial charge in [-0.2, -0.15) is 5.10 Å². The van der Waals surface area contributed by atoms with Crippen molar-refractivity contribution in [1.29, 1.82) is 0 Å². The van der Waals surface area contributed by atoms with Gasteiger partial charge in [0.1, 0.15) is 30.6 Å². The van der Waals surface area contributed by atoms with Gasteiger partial charge in [0.05, 0.1) is 19.1 Å². The van der Waals surface area contributed by atoms with Gasteiger partial charge in [-0.1, -0.05) is 0 Å². The highest BCUT2D eigenvalue weighted by atomic mass is 16.5. The van der Waals surface area contributed by atoms with E-state index in [0.29, 0.717) is 17.9 Å². The van der Waals surface area contributed by atoms with Crippen molar-refractivity contribution in [3.05, 3.63) is 54.0 Å². The van der Waals surface area contributed by atoms with E-state index in [1.54, 1.807) is 19.2 Å². The number of carbonyl (C=O) groups is 3. The van der Waals surface area contributed by atoms with Crippen LogP contribution in [0.5, 0.6) is 5.75 Å².